The topological polar surface area (TPSA) is 114 Å². The molecule has 138 valence electrons. The van der Waals surface area contributed by atoms with Crippen LogP contribution in [0.3, 0.4) is 0 Å². The Morgan fingerprint density at radius 2 is 1.69 bits per heavy atom. The number of benzene rings is 1. The minimum absolute atomic E-state index is 0.0126. The highest BCUT2D eigenvalue weighted by molar-refractivity contribution is 9.10. The zero-order chi connectivity index (χ0) is 19.2. The molecule has 0 amide bonds. The zero-order valence-corrected chi connectivity index (χ0v) is 15.8. The Hall–Kier alpha value is -2.68. The van der Waals surface area contributed by atoms with E-state index in [1.807, 2.05) is 0 Å². The molecule has 2 aliphatic heterocycles. The molecular weight excluding hydrogens is 410 g/mol. The van der Waals surface area contributed by atoms with Crippen molar-refractivity contribution in [2.45, 2.75) is 19.8 Å². The van der Waals surface area contributed by atoms with Gasteiger partial charge in [-0.25, -0.2) is 9.59 Å². The van der Waals surface area contributed by atoms with Crippen molar-refractivity contribution in [1.29, 1.82) is 0 Å². The summed E-state index contributed by atoms with van der Waals surface area (Å²) in [6.07, 6.45) is 0. The van der Waals surface area contributed by atoms with Crippen LogP contribution < -0.4 is 19.5 Å². The molecule has 8 nitrogen and oxygen atoms in total. The van der Waals surface area contributed by atoms with E-state index in [0.717, 1.165) is 0 Å². The number of aliphatic carboxylic acids is 2. The van der Waals surface area contributed by atoms with Gasteiger partial charge >= 0.3 is 11.9 Å². The average molecular weight is 426 g/mol. The van der Waals surface area contributed by atoms with Crippen molar-refractivity contribution in [2.24, 2.45) is 0 Å². The highest BCUT2D eigenvalue weighted by Crippen LogP contribution is 2.52. The van der Waals surface area contributed by atoms with E-state index in [4.69, 9.17) is 14.2 Å². The van der Waals surface area contributed by atoms with E-state index < -0.39 is 17.9 Å². The van der Waals surface area contributed by atoms with E-state index in [1.54, 1.807) is 19.9 Å². The number of rotatable bonds is 4. The number of carboxylic acids is 2. The maximum absolute atomic E-state index is 11.9. The van der Waals surface area contributed by atoms with E-state index in [0.29, 0.717) is 38.7 Å². The minimum atomic E-state index is -1.21. The third-order valence-electron chi connectivity index (χ3n) is 4.33. The number of hydrogen-bond acceptors (Lipinski definition) is 6. The predicted molar refractivity (Wildman–Crippen MR) is 93.4 cm³/mol. The summed E-state index contributed by atoms with van der Waals surface area (Å²) >= 11 is 3.41. The molecule has 0 radical (unpaired) electrons. The maximum Gasteiger partial charge on any atom is 0.334 e. The third-order valence-corrected chi connectivity index (χ3v) is 5.15. The van der Waals surface area contributed by atoms with Gasteiger partial charge < -0.3 is 29.7 Å². The molecule has 3 N–H and O–H groups in total. The largest absolute Gasteiger partial charge is 0.493 e. The number of methoxy groups -OCH3 is 1. The van der Waals surface area contributed by atoms with Crippen LogP contribution in [0.5, 0.6) is 17.2 Å². The lowest BCUT2D eigenvalue weighted by atomic mass is 9.80. The standard InChI is InChI=1S/C17H16BrNO7/c1-6-10(16(20)21)12(11(17(22)23)7(2)19-6)8-4-9(24-3)14-15(13(8)18)26-5-25-14/h4,12,19H,5H2,1-3H3,(H,20,21)(H,22,23). The van der Waals surface area contributed by atoms with Gasteiger partial charge in [0.2, 0.25) is 12.5 Å². The average Bonchev–Trinajstić information content (AvgIpc) is 3.04. The summed E-state index contributed by atoms with van der Waals surface area (Å²) in [4.78, 5) is 23.8. The molecule has 2 heterocycles. The van der Waals surface area contributed by atoms with Gasteiger partial charge in [-0.3, -0.25) is 0 Å². The smallest absolute Gasteiger partial charge is 0.334 e. The molecule has 0 saturated carbocycles. The highest BCUT2D eigenvalue weighted by atomic mass is 79.9. The van der Waals surface area contributed by atoms with Crippen LogP contribution in [0.2, 0.25) is 0 Å². The van der Waals surface area contributed by atoms with Gasteiger partial charge in [0, 0.05) is 11.4 Å². The lowest BCUT2D eigenvalue weighted by molar-refractivity contribution is -0.133. The van der Waals surface area contributed by atoms with Gasteiger partial charge in [0.25, 0.3) is 0 Å². The van der Waals surface area contributed by atoms with E-state index in [-0.39, 0.29) is 17.9 Å². The van der Waals surface area contributed by atoms with Crippen LogP contribution in [0, 0.1) is 0 Å². The second-order valence-corrected chi connectivity index (χ2v) is 6.59. The van der Waals surface area contributed by atoms with E-state index in [9.17, 15) is 19.8 Å². The van der Waals surface area contributed by atoms with Gasteiger partial charge in [0.1, 0.15) is 0 Å². The number of ether oxygens (including phenoxy) is 3. The normalized spacial score (nSPS) is 16.6. The Morgan fingerprint density at radius 1 is 1.15 bits per heavy atom. The fourth-order valence-electron chi connectivity index (χ4n) is 3.26. The molecule has 0 unspecified atom stereocenters. The van der Waals surface area contributed by atoms with Crippen LogP contribution in [0.1, 0.15) is 25.3 Å². The van der Waals surface area contributed by atoms with Crippen molar-refractivity contribution in [3.05, 3.63) is 38.6 Å². The molecule has 9 heteroatoms. The van der Waals surface area contributed by atoms with Gasteiger partial charge in [0.15, 0.2) is 11.5 Å². The predicted octanol–water partition coefficient (Wildman–Crippen LogP) is 2.59. The van der Waals surface area contributed by atoms with Crippen LogP contribution in [0.25, 0.3) is 0 Å². The Bertz CT molecular complexity index is 852. The minimum Gasteiger partial charge on any atom is -0.493 e. The summed E-state index contributed by atoms with van der Waals surface area (Å²) in [5, 5.41) is 22.3. The molecule has 1 aromatic carbocycles. The van der Waals surface area contributed by atoms with E-state index in [1.165, 1.54) is 7.11 Å². The first-order valence-electron chi connectivity index (χ1n) is 7.59. The van der Waals surface area contributed by atoms with Crippen molar-refractivity contribution in [2.75, 3.05) is 13.9 Å². The van der Waals surface area contributed by atoms with Gasteiger partial charge in [0.05, 0.1) is 28.6 Å². The molecule has 0 saturated heterocycles. The number of nitrogens with one attached hydrogen (secondary N) is 1. The molecule has 0 spiro atoms. The molecule has 0 bridgehead atoms. The molecular formula is C17H16BrNO7. The summed E-state index contributed by atoms with van der Waals surface area (Å²) < 4.78 is 16.6. The third kappa shape index (κ3) is 2.68. The first-order valence-corrected chi connectivity index (χ1v) is 8.38. The summed E-state index contributed by atoms with van der Waals surface area (Å²) in [6.45, 7) is 3.18. The number of allylic oxidation sites excluding steroid dienone is 2. The van der Waals surface area contributed by atoms with Gasteiger partial charge in [-0.05, 0) is 41.4 Å². The number of halogens is 1. The van der Waals surface area contributed by atoms with Crippen LogP contribution in [0.15, 0.2) is 33.1 Å². The Balaban J connectivity index is 2.32. The van der Waals surface area contributed by atoms with Crippen molar-refractivity contribution in [3.63, 3.8) is 0 Å². The lowest BCUT2D eigenvalue weighted by Gasteiger charge is -2.29. The summed E-state index contributed by atoms with van der Waals surface area (Å²) in [6, 6.07) is 1.57. The SMILES string of the molecule is COc1cc(C2C(C(=O)O)=C(C)NC(C)=C2C(=O)O)c(Br)c2c1OCO2. The fourth-order valence-corrected chi connectivity index (χ4v) is 3.90. The van der Waals surface area contributed by atoms with Gasteiger partial charge in [-0.1, -0.05) is 0 Å². The van der Waals surface area contributed by atoms with E-state index in [2.05, 4.69) is 21.2 Å². The summed E-state index contributed by atoms with van der Waals surface area (Å²) in [5.41, 5.74) is 1.02. The second-order valence-electron chi connectivity index (χ2n) is 5.79. The van der Waals surface area contributed by atoms with Crippen LogP contribution >= 0.6 is 15.9 Å². The first-order chi connectivity index (χ1) is 12.3. The number of fused-ring (bicyclic) bond motifs is 1. The molecule has 0 fully saturated rings. The van der Waals surface area contributed by atoms with Gasteiger partial charge in [-0.15, -0.1) is 0 Å². The van der Waals surface area contributed by atoms with Crippen molar-refractivity contribution in [1.82, 2.24) is 5.32 Å². The van der Waals surface area contributed by atoms with Crippen LogP contribution in [-0.4, -0.2) is 36.1 Å². The number of hydrogen-bond donors (Lipinski definition) is 3. The Morgan fingerprint density at radius 3 is 2.19 bits per heavy atom. The molecule has 26 heavy (non-hydrogen) atoms. The van der Waals surface area contributed by atoms with Crippen LogP contribution in [0.4, 0.5) is 0 Å². The molecule has 0 atom stereocenters. The fraction of sp³-hybridized carbons (Fsp3) is 0.294. The second kappa shape index (κ2) is 6.56. The van der Waals surface area contributed by atoms with Crippen molar-refractivity contribution in [3.8, 4) is 17.2 Å². The Kier molecular flexibility index (Phi) is 4.57. The number of carbonyl (C=O) groups is 2. The Labute approximate surface area is 157 Å². The van der Waals surface area contributed by atoms with Crippen molar-refractivity contribution < 1.29 is 34.0 Å². The quantitative estimate of drug-likeness (QED) is 0.674. The van der Waals surface area contributed by atoms with Crippen LogP contribution in [-0.2, 0) is 9.59 Å². The van der Waals surface area contributed by atoms with E-state index >= 15 is 0 Å². The number of carboxylic acid groups (broad SMARTS) is 2. The molecule has 0 aliphatic carbocycles. The maximum atomic E-state index is 11.9. The first kappa shape index (κ1) is 18.1. The molecule has 3 rings (SSSR count). The summed E-state index contributed by atoms with van der Waals surface area (Å²) in [5.74, 6) is -2.39. The monoisotopic (exact) mass is 425 g/mol. The molecule has 1 aromatic rings. The lowest BCUT2D eigenvalue weighted by Crippen LogP contribution is -2.31. The highest BCUT2D eigenvalue weighted by Gasteiger charge is 2.39. The zero-order valence-electron chi connectivity index (χ0n) is 14.2. The molecule has 0 aromatic heterocycles. The summed E-state index contributed by atoms with van der Waals surface area (Å²) in [7, 11) is 1.44. The molecule has 2 aliphatic rings. The van der Waals surface area contributed by atoms with Gasteiger partial charge in [-0.2, -0.15) is 0 Å². The number of dihydropyridines is 1. The van der Waals surface area contributed by atoms with Crippen molar-refractivity contribution >= 4 is 27.9 Å².